The van der Waals surface area contributed by atoms with Gasteiger partial charge in [0, 0.05) is 15.7 Å². The van der Waals surface area contributed by atoms with Crippen LogP contribution < -0.4 is 10.6 Å². The van der Waals surface area contributed by atoms with Gasteiger partial charge < -0.3 is 20.8 Å². The van der Waals surface area contributed by atoms with Crippen molar-refractivity contribution in [3.63, 3.8) is 0 Å². The quantitative estimate of drug-likeness (QED) is 0.487. The van der Waals surface area contributed by atoms with Gasteiger partial charge in [-0.1, -0.05) is 29.3 Å². The number of hydrogen-bond donors (Lipinski definition) is 4. The number of hydrogen-bond acceptors (Lipinski definition) is 3. The first kappa shape index (κ1) is 16.4. The second-order valence-electron chi connectivity index (χ2n) is 4.24. The van der Waals surface area contributed by atoms with Gasteiger partial charge in [-0.05, 0) is 42.5 Å². The van der Waals surface area contributed by atoms with Crippen LogP contribution in [0.1, 0.15) is 10.4 Å². The highest BCUT2D eigenvalue weighted by atomic mass is 35.5. The fourth-order valence-corrected chi connectivity index (χ4v) is 2.48. The molecule has 2 aromatic rings. The number of phenols is 1. The Labute approximate surface area is 141 Å². The van der Waals surface area contributed by atoms with Crippen LogP contribution in [0.25, 0.3) is 0 Å². The van der Waals surface area contributed by atoms with Gasteiger partial charge in [0.2, 0.25) is 0 Å². The monoisotopic (exact) mass is 356 g/mol. The lowest BCUT2D eigenvalue weighted by molar-refractivity contribution is 0.0694. The fraction of sp³-hybridized carbons (Fsp3) is 0. The number of aromatic carboxylic acids is 1. The number of aromatic hydroxyl groups is 1. The molecule has 5 nitrogen and oxygen atoms in total. The highest BCUT2D eigenvalue weighted by Crippen LogP contribution is 2.28. The Morgan fingerprint density at radius 2 is 1.73 bits per heavy atom. The van der Waals surface area contributed by atoms with E-state index in [1.807, 2.05) is 0 Å². The van der Waals surface area contributed by atoms with Gasteiger partial charge in [0.25, 0.3) is 0 Å². The molecule has 0 aliphatic carbocycles. The van der Waals surface area contributed by atoms with E-state index < -0.39 is 11.7 Å². The van der Waals surface area contributed by atoms with E-state index in [1.165, 1.54) is 18.2 Å². The van der Waals surface area contributed by atoms with Crippen molar-refractivity contribution in [2.75, 3.05) is 10.6 Å². The van der Waals surface area contributed by atoms with E-state index in [0.29, 0.717) is 15.7 Å². The molecule has 0 fully saturated rings. The smallest absolute Gasteiger partial charge is 0.339 e. The third kappa shape index (κ3) is 4.00. The average Bonchev–Trinajstić information content (AvgIpc) is 2.39. The summed E-state index contributed by atoms with van der Waals surface area (Å²) in [5.41, 5.74) is 0.507. The van der Waals surface area contributed by atoms with E-state index in [2.05, 4.69) is 10.6 Å². The van der Waals surface area contributed by atoms with Crippen LogP contribution in [0, 0.1) is 0 Å². The minimum Gasteiger partial charge on any atom is -0.505 e. The van der Waals surface area contributed by atoms with Crippen molar-refractivity contribution in [3.05, 3.63) is 52.0 Å². The van der Waals surface area contributed by atoms with Crippen molar-refractivity contribution in [1.29, 1.82) is 0 Å². The average molecular weight is 357 g/mol. The zero-order valence-corrected chi connectivity index (χ0v) is 13.3. The third-order valence-corrected chi connectivity index (χ3v) is 3.28. The first-order chi connectivity index (χ1) is 10.4. The van der Waals surface area contributed by atoms with Gasteiger partial charge in [0.05, 0.1) is 5.69 Å². The molecule has 0 unspecified atom stereocenters. The lowest BCUT2D eigenvalue weighted by Gasteiger charge is -2.13. The lowest BCUT2D eigenvalue weighted by Crippen LogP contribution is -2.19. The predicted octanol–water partition coefficient (Wildman–Crippen LogP) is 4.21. The molecule has 0 aliphatic heterocycles. The normalized spacial score (nSPS) is 10.1. The van der Waals surface area contributed by atoms with Gasteiger partial charge in [0.15, 0.2) is 10.9 Å². The number of nitrogens with one attached hydrogen (secondary N) is 2. The van der Waals surface area contributed by atoms with E-state index in [0.717, 1.165) is 0 Å². The Morgan fingerprint density at radius 1 is 1.09 bits per heavy atom. The number of thiocarbonyl (C=S) groups is 1. The summed E-state index contributed by atoms with van der Waals surface area (Å²) in [6, 6.07) is 9.10. The molecule has 0 saturated heterocycles. The van der Waals surface area contributed by atoms with Crippen molar-refractivity contribution in [2.24, 2.45) is 0 Å². The molecule has 2 rings (SSSR count). The van der Waals surface area contributed by atoms with Crippen molar-refractivity contribution in [3.8, 4) is 5.75 Å². The maximum atomic E-state index is 11.0. The summed E-state index contributed by atoms with van der Waals surface area (Å²) >= 11 is 16.9. The molecule has 0 aromatic heterocycles. The summed E-state index contributed by atoms with van der Waals surface area (Å²) < 4.78 is 0. The van der Waals surface area contributed by atoms with Gasteiger partial charge in [0.1, 0.15) is 5.56 Å². The number of carbonyl (C=O) groups is 1. The predicted molar refractivity (Wildman–Crippen MR) is 91.4 cm³/mol. The van der Waals surface area contributed by atoms with E-state index in [-0.39, 0.29) is 16.4 Å². The van der Waals surface area contributed by atoms with E-state index >= 15 is 0 Å². The maximum Gasteiger partial charge on any atom is 0.339 e. The number of carboxylic acids is 1. The van der Waals surface area contributed by atoms with Crippen molar-refractivity contribution >= 4 is 57.9 Å². The second kappa shape index (κ2) is 6.83. The first-order valence-electron chi connectivity index (χ1n) is 5.96. The van der Waals surface area contributed by atoms with E-state index in [9.17, 15) is 9.90 Å². The Morgan fingerprint density at radius 3 is 2.32 bits per heavy atom. The molecule has 8 heteroatoms. The summed E-state index contributed by atoms with van der Waals surface area (Å²) in [5, 5.41) is 25.4. The molecule has 0 aliphatic rings. The summed E-state index contributed by atoms with van der Waals surface area (Å²) in [7, 11) is 0. The first-order valence-corrected chi connectivity index (χ1v) is 7.12. The van der Waals surface area contributed by atoms with Crippen LogP contribution in [0.4, 0.5) is 11.4 Å². The van der Waals surface area contributed by atoms with Gasteiger partial charge in [-0.25, -0.2) is 4.79 Å². The molecule has 0 amide bonds. The van der Waals surface area contributed by atoms with Crippen LogP contribution in [-0.2, 0) is 0 Å². The Bertz CT molecular complexity index is 733. The standard InChI is InChI=1S/C14H10Cl2N2O3S/c15-7-4-8(16)6-9(5-7)17-14(22)18-11-3-1-2-10(12(11)19)13(20)21/h1-6,19H,(H,20,21)(H2,17,18,22). The fourth-order valence-electron chi connectivity index (χ4n) is 1.73. The highest BCUT2D eigenvalue weighted by Gasteiger charge is 2.13. The molecule has 0 atom stereocenters. The zero-order valence-electron chi connectivity index (χ0n) is 10.9. The minimum absolute atomic E-state index is 0.149. The summed E-state index contributed by atoms with van der Waals surface area (Å²) in [6.45, 7) is 0. The minimum atomic E-state index is -1.23. The molecule has 2 aromatic carbocycles. The molecule has 0 radical (unpaired) electrons. The molecule has 0 spiro atoms. The molecule has 0 heterocycles. The SMILES string of the molecule is O=C(O)c1cccc(NC(=S)Nc2cc(Cl)cc(Cl)c2)c1O. The van der Waals surface area contributed by atoms with Crippen molar-refractivity contribution in [1.82, 2.24) is 0 Å². The zero-order chi connectivity index (χ0) is 16.3. The van der Waals surface area contributed by atoms with Gasteiger partial charge in [-0.3, -0.25) is 0 Å². The van der Waals surface area contributed by atoms with Crippen LogP contribution >= 0.6 is 35.4 Å². The Kier molecular flexibility index (Phi) is 5.07. The number of para-hydroxylation sites is 1. The number of carboxylic acid groups (broad SMARTS) is 1. The van der Waals surface area contributed by atoms with Gasteiger partial charge in [-0.15, -0.1) is 0 Å². The van der Waals surface area contributed by atoms with E-state index in [1.54, 1.807) is 18.2 Å². The van der Waals surface area contributed by atoms with Crippen molar-refractivity contribution in [2.45, 2.75) is 0 Å². The maximum absolute atomic E-state index is 11.0. The van der Waals surface area contributed by atoms with Crippen LogP contribution in [-0.4, -0.2) is 21.3 Å². The van der Waals surface area contributed by atoms with Gasteiger partial charge in [-0.2, -0.15) is 0 Å². The van der Waals surface area contributed by atoms with Crippen LogP contribution in [0.5, 0.6) is 5.75 Å². The summed E-state index contributed by atoms with van der Waals surface area (Å²) in [5.74, 6) is -1.63. The lowest BCUT2D eigenvalue weighted by atomic mass is 10.2. The molecule has 0 saturated carbocycles. The molecule has 0 bridgehead atoms. The Hall–Kier alpha value is -2.02. The molecular formula is C14H10Cl2N2O3S. The molecular weight excluding hydrogens is 347 g/mol. The van der Waals surface area contributed by atoms with E-state index in [4.69, 9.17) is 40.5 Å². The second-order valence-corrected chi connectivity index (χ2v) is 5.53. The van der Waals surface area contributed by atoms with Crippen LogP contribution in [0.2, 0.25) is 10.0 Å². The number of benzene rings is 2. The number of anilines is 2. The summed E-state index contributed by atoms with van der Waals surface area (Å²) in [6.07, 6.45) is 0. The van der Waals surface area contributed by atoms with Crippen LogP contribution in [0.3, 0.4) is 0 Å². The molecule has 4 N–H and O–H groups in total. The van der Waals surface area contributed by atoms with Gasteiger partial charge >= 0.3 is 5.97 Å². The third-order valence-electron chi connectivity index (χ3n) is 2.64. The largest absolute Gasteiger partial charge is 0.505 e. The number of halogens is 2. The van der Waals surface area contributed by atoms with Crippen LogP contribution in [0.15, 0.2) is 36.4 Å². The summed E-state index contributed by atoms with van der Waals surface area (Å²) in [4.78, 5) is 11.0. The Balaban J connectivity index is 2.16. The van der Waals surface area contributed by atoms with Crippen molar-refractivity contribution < 1.29 is 15.0 Å². The number of rotatable bonds is 3. The highest BCUT2D eigenvalue weighted by molar-refractivity contribution is 7.80. The topological polar surface area (TPSA) is 81.6 Å². The molecule has 22 heavy (non-hydrogen) atoms. The molecule has 114 valence electrons.